The third kappa shape index (κ3) is 2.70. The molecule has 2 N–H and O–H groups in total. The van der Waals surface area contributed by atoms with Crippen LogP contribution < -0.4 is 4.90 Å². The topological polar surface area (TPSA) is 86.5 Å². The molecule has 1 saturated carbocycles. The first-order valence-electron chi connectivity index (χ1n) is 9.70. The van der Waals surface area contributed by atoms with Crippen LogP contribution in [0.5, 0.6) is 0 Å². The molecule has 0 radical (unpaired) electrons. The lowest BCUT2D eigenvalue weighted by atomic mass is 9.99. The fraction of sp³-hybridized carbons (Fsp3) is 0.476. The van der Waals surface area contributed by atoms with Crippen LogP contribution in [-0.2, 0) is 17.6 Å². The van der Waals surface area contributed by atoms with Gasteiger partial charge in [-0.3, -0.25) is 4.79 Å². The first kappa shape index (κ1) is 16.7. The molecular weight excluding hydrogens is 342 g/mol. The van der Waals surface area contributed by atoms with E-state index in [1.54, 1.807) is 0 Å². The third-order valence-corrected chi connectivity index (χ3v) is 6.31. The van der Waals surface area contributed by atoms with Gasteiger partial charge in [-0.2, -0.15) is 0 Å². The Morgan fingerprint density at radius 1 is 1.26 bits per heavy atom. The summed E-state index contributed by atoms with van der Waals surface area (Å²) in [6.45, 7) is 2.56. The van der Waals surface area contributed by atoms with Crippen molar-refractivity contribution in [2.75, 3.05) is 11.4 Å². The van der Waals surface area contributed by atoms with Crippen molar-refractivity contribution in [2.45, 2.75) is 50.7 Å². The lowest BCUT2D eigenvalue weighted by Crippen LogP contribution is -2.59. The number of nitrogens with zero attached hydrogens (tertiary/aromatic N) is 3. The molecule has 27 heavy (non-hydrogen) atoms. The summed E-state index contributed by atoms with van der Waals surface area (Å²) in [4.78, 5) is 22.9. The number of aliphatic carboxylic acids is 1. The maximum atomic E-state index is 11.2. The van der Waals surface area contributed by atoms with E-state index in [9.17, 15) is 15.0 Å². The Hall–Kier alpha value is -2.47. The SMILES string of the molecule is C[C@H]1[C@H](O)CN1c1nc2c(c(-c3cccc([C@H]4C[C@@H]4C(=O)O)c3)n1)CCC2. The number of rotatable bonds is 4. The van der Waals surface area contributed by atoms with Crippen LogP contribution in [0, 0.1) is 5.92 Å². The summed E-state index contributed by atoms with van der Waals surface area (Å²) in [5.41, 5.74) is 5.42. The lowest BCUT2D eigenvalue weighted by molar-refractivity contribution is -0.138. The van der Waals surface area contributed by atoms with Crippen molar-refractivity contribution in [1.82, 2.24) is 9.97 Å². The van der Waals surface area contributed by atoms with Crippen molar-refractivity contribution in [3.8, 4) is 11.3 Å². The average Bonchev–Trinajstić information content (AvgIpc) is 3.35. The molecule has 1 saturated heterocycles. The zero-order valence-electron chi connectivity index (χ0n) is 15.3. The smallest absolute Gasteiger partial charge is 0.307 e. The molecule has 0 spiro atoms. The molecule has 6 nitrogen and oxygen atoms in total. The van der Waals surface area contributed by atoms with Crippen LogP contribution in [0.2, 0.25) is 0 Å². The van der Waals surface area contributed by atoms with E-state index in [0.717, 1.165) is 48.2 Å². The molecule has 3 aliphatic rings. The normalized spacial score (nSPS) is 28.6. The van der Waals surface area contributed by atoms with Crippen molar-refractivity contribution in [3.05, 3.63) is 41.1 Å². The minimum atomic E-state index is -0.707. The highest BCUT2D eigenvalue weighted by atomic mass is 16.4. The maximum absolute atomic E-state index is 11.2. The monoisotopic (exact) mass is 365 g/mol. The van der Waals surface area contributed by atoms with Gasteiger partial charge in [0.1, 0.15) is 0 Å². The lowest BCUT2D eigenvalue weighted by Gasteiger charge is -2.43. The van der Waals surface area contributed by atoms with Gasteiger partial charge in [0.25, 0.3) is 0 Å². The number of aryl methyl sites for hydroxylation is 1. The van der Waals surface area contributed by atoms with Gasteiger partial charge >= 0.3 is 5.97 Å². The summed E-state index contributed by atoms with van der Waals surface area (Å²) in [7, 11) is 0. The number of carbonyl (C=O) groups is 1. The number of β-amino-alcohol motifs (C(OH)–C–C–N with tert-alkyl or cyclic N) is 1. The predicted molar refractivity (Wildman–Crippen MR) is 101 cm³/mol. The van der Waals surface area contributed by atoms with E-state index in [-0.39, 0.29) is 24.0 Å². The molecule has 1 aromatic heterocycles. The van der Waals surface area contributed by atoms with Gasteiger partial charge in [-0.1, -0.05) is 18.2 Å². The van der Waals surface area contributed by atoms with E-state index in [2.05, 4.69) is 17.0 Å². The number of fused-ring (bicyclic) bond motifs is 1. The Morgan fingerprint density at radius 3 is 2.81 bits per heavy atom. The van der Waals surface area contributed by atoms with Crippen molar-refractivity contribution in [3.63, 3.8) is 0 Å². The van der Waals surface area contributed by atoms with Gasteiger partial charge in [0.15, 0.2) is 0 Å². The fourth-order valence-electron chi connectivity index (χ4n) is 4.39. The van der Waals surface area contributed by atoms with Crippen LogP contribution in [0.4, 0.5) is 5.95 Å². The van der Waals surface area contributed by atoms with E-state index in [1.807, 2.05) is 19.1 Å². The third-order valence-electron chi connectivity index (χ3n) is 6.31. The number of anilines is 1. The minimum absolute atomic E-state index is 0.0337. The number of aliphatic hydroxyl groups excluding tert-OH is 1. The van der Waals surface area contributed by atoms with Gasteiger partial charge in [-0.15, -0.1) is 0 Å². The summed E-state index contributed by atoms with van der Waals surface area (Å²) in [5, 5.41) is 19.1. The van der Waals surface area contributed by atoms with E-state index >= 15 is 0 Å². The zero-order chi connectivity index (χ0) is 18.7. The largest absolute Gasteiger partial charge is 0.481 e. The summed E-state index contributed by atoms with van der Waals surface area (Å²) in [6.07, 6.45) is 3.42. The molecule has 6 heteroatoms. The molecule has 2 aliphatic carbocycles. The van der Waals surface area contributed by atoms with Crippen molar-refractivity contribution >= 4 is 11.9 Å². The highest BCUT2D eigenvalue weighted by Gasteiger charge is 2.44. The van der Waals surface area contributed by atoms with Crippen LogP contribution >= 0.6 is 0 Å². The maximum Gasteiger partial charge on any atom is 0.307 e. The predicted octanol–water partition coefficient (Wildman–Crippen LogP) is 2.39. The Kier molecular flexibility index (Phi) is 3.72. The average molecular weight is 365 g/mol. The summed E-state index contributed by atoms with van der Waals surface area (Å²) in [6, 6.07) is 8.22. The molecule has 4 atom stereocenters. The van der Waals surface area contributed by atoms with Gasteiger partial charge in [0.05, 0.1) is 23.8 Å². The van der Waals surface area contributed by atoms with Gasteiger partial charge in [-0.25, -0.2) is 9.97 Å². The van der Waals surface area contributed by atoms with Crippen LogP contribution in [0.1, 0.15) is 42.5 Å². The number of benzene rings is 1. The number of carboxylic acid groups (broad SMARTS) is 1. The van der Waals surface area contributed by atoms with Crippen molar-refractivity contribution < 1.29 is 15.0 Å². The van der Waals surface area contributed by atoms with Crippen molar-refractivity contribution in [2.24, 2.45) is 5.92 Å². The first-order valence-corrected chi connectivity index (χ1v) is 9.70. The Bertz CT molecular complexity index is 929. The minimum Gasteiger partial charge on any atom is -0.481 e. The molecule has 0 bridgehead atoms. The number of hydrogen-bond donors (Lipinski definition) is 2. The van der Waals surface area contributed by atoms with Gasteiger partial charge < -0.3 is 15.1 Å². The molecule has 1 aliphatic heterocycles. The molecule has 140 valence electrons. The first-order chi connectivity index (χ1) is 13.0. The fourth-order valence-corrected chi connectivity index (χ4v) is 4.39. The van der Waals surface area contributed by atoms with Gasteiger partial charge in [-0.05, 0) is 50.2 Å². The van der Waals surface area contributed by atoms with Crippen LogP contribution in [0.25, 0.3) is 11.3 Å². The molecule has 0 unspecified atom stereocenters. The molecule has 2 aromatic rings. The Labute approximate surface area is 157 Å². The summed E-state index contributed by atoms with van der Waals surface area (Å²) in [5.74, 6) is -0.151. The van der Waals surface area contributed by atoms with E-state index in [0.29, 0.717) is 12.5 Å². The second-order valence-electron chi connectivity index (χ2n) is 8.02. The second-order valence-corrected chi connectivity index (χ2v) is 8.02. The highest BCUT2D eigenvalue weighted by molar-refractivity contribution is 5.76. The summed E-state index contributed by atoms with van der Waals surface area (Å²) < 4.78 is 0. The molecule has 2 fully saturated rings. The summed E-state index contributed by atoms with van der Waals surface area (Å²) >= 11 is 0. The zero-order valence-corrected chi connectivity index (χ0v) is 15.3. The Balaban J connectivity index is 1.53. The number of aliphatic hydroxyl groups is 1. The van der Waals surface area contributed by atoms with Gasteiger partial charge in [0, 0.05) is 23.4 Å². The quantitative estimate of drug-likeness (QED) is 0.865. The highest BCUT2D eigenvalue weighted by Crippen LogP contribution is 2.48. The van der Waals surface area contributed by atoms with Crippen LogP contribution in [-0.4, -0.2) is 44.8 Å². The number of aromatic nitrogens is 2. The van der Waals surface area contributed by atoms with E-state index in [1.165, 1.54) is 5.56 Å². The molecule has 0 amide bonds. The van der Waals surface area contributed by atoms with E-state index in [4.69, 9.17) is 9.97 Å². The van der Waals surface area contributed by atoms with Crippen LogP contribution in [0.15, 0.2) is 24.3 Å². The molecule has 1 aromatic carbocycles. The van der Waals surface area contributed by atoms with E-state index < -0.39 is 5.97 Å². The second kappa shape index (κ2) is 6.02. The van der Waals surface area contributed by atoms with Crippen LogP contribution in [0.3, 0.4) is 0 Å². The number of hydrogen-bond acceptors (Lipinski definition) is 5. The Morgan fingerprint density at radius 2 is 2.11 bits per heavy atom. The standard InChI is InChI=1S/C21H23N3O3/c1-11-18(25)10-24(11)21-22-17-7-3-6-14(17)19(23-21)13-5-2-4-12(8-13)15-9-16(15)20(26)27/h2,4-5,8,11,15-16,18,25H,3,6-7,9-10H2,1H3,(H,26,27)/t11-,15+,16-,18+/m0/s1. The molecule has 5 rings (SSSR count). The molecular formula is C21H23N3O3. The number of carboxylic acids is 1. The van der Waals surface area contributed by atoms with Crippen molar-refractivity contribution in [1.29, 1.82) is 0 Å². The van der Waals surface area contributed by atoms with Gasteiger partial charge in [0.2, 0.25) is 5.95 Å². The molecule has 2 heterocycles.